The monoisotopic (exact) mass is 626 g/mol. The topological polar surface area (TPSA) is 136 Å². The first-order valence-corrected chi connectivity index (χ1v) is 16.1. The highest BCUT2D eigenvalue weighted by Crippen LogP contribution is 2.39. The van der Waals surface area contributed by atoms with E-state index in [1.165, 1.54) is 6.42 Å². The Labute approximate surface area is 268 Å². The lowest BCUT2D eigenvalue weighted by molar-refractivity contribution is 0.0511. The highest BCUT2D eigenvalue weighted by molar-refractivity contribution is 5.90. The van der Waals surface area contributed by atoms with E-state index in [0.29, 0.717) is 24.6 Å². The van der Waals surface area contributed by atoms with Crippen molar-refractivity contribution in [3.63, 3.8) is 0 Å². The number of esters is 1. The van der Waals surface area contributed by atoms with E-state index in [1.807, 2.05) is 61.7 Å². The van der Waals surface area contributed by atoms with Crippen LogP contribution in [0.1, 0.15) is 106 Å². The Morgan fingerprint density at radius 3 is 2.57 bits per heavy atom. The van der Waals surface area contributed by atoms with Crippen LogP contribution in [0.2, 0.25) is 0 Å². The van der Waals surface area contributed by atoms with E-state index in [4.69, 9.17) is 9.47 Å². The molecule has 0 radical (unpaired) electrons. The van der Waals surface area contributed by atoms with Gasteiger partial charge in [0.15, 0.2) is 5.65 Å². The maximum Gasteiger partial charge on any atom is 0.376 e. The number of carbonyl (C=O) groups is 2. The van der Waals surface area contributed by atoms with Crippen LogP contribution < -0.4 is 20.3 Å². The molecule has 46 heavy (non-hydrogen) atoms. The summed E-state index contributed by atoms with van der Waals surface area (Å²) < 4.78 is 13.7. The first-order valence-electron chi connectivity index (χ1n) is 16.1. The summed E-state index contributed by atoms with van der Waals surface area (Å²) >= 11 is 0. The molecule has 1 fully saturated rings. The van der Waals surface area contributed by atoms with E-state index in [1.54, 1.807) is 13.0 Å². The normalized spacial score (nSPS) is 19.8. The number of pyridine rings is 1. The van der Waals surface area contributed by atoms with E-state index in [9.17, 15) is 9.59 Å². The molecule has 12 heteroatoms. The molecule has 3 aromatic heterocycles. The number of urea groups is 1. The van der Waals surface area contributed by atoms with Crippen molar-refractivity contribution in [3.05, 3.63) is 71.3 Å². The molecule has 1 aromatic carbocycles. The zero-order chi connectivity index (χ0) is 32.4. The minimum atomic E-state index is -0.634. The number of aromatic nitrogens is 5. The Balaban J connectivity index is 1.18. The van der Waals surface area contributed by atoms with Gasteiger partial charge in [0, 0.05) is 24.1 Å². The number of hydrogen-bond acceptors (Lipinski definition) is 9. The molecule has 0 spiro atoms. The van der Waals surface area contributed by atoms with E-state index in [2.05, 4.69) is 48.7 Å². The van der Waals surface area contributed by atoms with Crippen molar-refractivity contribution in [2.24, 2.45) is 0 Å². The minimum Gasteiger partial charge on any atom is -0.484 e. The van der Waals surface area contributed by atoms with Crippen LogP contribution in [0.4, 0.5) is 16.6 Å². The lowest BCUT2D eigenvalue weighted by atomic mass is 9.85. The Hall–Kier alpha value is -4.74. The van der Waals surface area contributed by atoms with Crippen LogP contribution in [0.15, 0.2) is 48.7 Å². The van der Waals surface area contributed by atoms with Crippen molar-refractivity contribution in [1.82, 2.24) is 29.9 Å². The van der Waals surface area contributed by atoms with Crippen LogP contribution in [0, 0.1) is 0 Å². The molecule has 12 nitrogen and oxygen atoms in total. The minimum absolute atomic E-state index is 0.0881. The molecule has 2 amide bonds. The van der Waals surface area contributed by atoms with Gasteiger partial charge in [0.2, 0.25) is 11.8 Å². The summed E-state index contributed by atoms with van der Waals surface area (Å²) in [6, 6.07) is 13.3. The van der Waals surface area contributed by atoms with Gasteiger partial charge in [-0.25, -0.2) is 19.6 Å². The van der Waals surface area contributed by atoms with Crippen molar-refractivity contribution >= 4 is 29.4 Å². The summed E-state index contributed by atoms with van der Waals surface area (Å²) in [7, 11) is 0. The summed E-state index contributed by atoms with van der Waals surface area (Å²) in [5.74, 6) is 1.09. The van der Waals surface area contributed by atoms with Crippen LogP contribution in [0.25, 0.3) is 5.65 Å². The van der Waals surface area contributed by atoms with E-state index in [-0.39, 0.29) is 35.8 Å². The second-order valence-electron chi connectivity index (χ2n) is 13.0. The van der Waals surface area contributed by atoms with Gasteiger partial charge in [0.25, 0.3) is 0 Å². The van der Waals surface area contributed by atoms with Crippen molar-refractivity contribution in [2.45, 2.75) is 90.3 Å². The third-order valence-electron chi connectivity index (χ3n) is 8.63. The molecule has 4 aromatic rings. The van der Waals surface area contributed by atoms with Crippen molar-refractivity contribution in [3.8, 4) is 5.75 Å². The number of nitrogens with zero attached hydrogens (tertiary/aromatic N) is 6. The number of rotatable bonds is 7. The van der Waals surface area contributed by atoms with E-state index >= 15 is 0 Å². The molecule has 4 heterocycles. The van der Waals surface area contributed by atoms with E-state index in [0.717, 1.165) is 47.9 Å². The number of carbonyl (C=O) groups excluding carboxylic acids is 2. The van der Waals surface area contributed by atoms with Gasteiger partial charge in [0.05, 0.1) is 24.5 Å². The van der Waals surface area contributed by atoms with E-state index < -0.39 is 12.0 Å². The van der Waals surface area contributed by atoms with Crippen LogP contribution in [0.5, 0.6) is 5.75 Å². The molecule has 1 unspecified atom stereocenters. The van der Waals surface area contributed by atoms with Crippen LogP contribution in [-0.4, -0.2) is 55.8 Å². The second-order valence-corrected chi connectivity index (χ2v) is 13.0. The number of piperidine rings is 1. The zero-order valence-electron chi connectivity index (χ0n) is 27.1. The van der Waals surface area contributed by atoms with Gasteiger partial charge in [-0.05, 0) is 69.2 Å². The maximum atomic E-state index is 13.3. The predicted molar refractivity (Wildman–Crippen MR) is 174 cm³/mol. The summed E-state index contributed by atoms with van der Waals surface area (Å²) in [6.07, 6.45) is 6.68. The number of hydrogen-bond donors (Lipinski definition) is 2. The molecule has 6 rings (SSSR count). The molecule has 242 valence electrons. The van der Waals surface area contributed by atoms with Gasteiger partial charge in [-0.15, -0.1) is 10.2 Å². The number of benzene rings is 1. The number of anilines is 2. The SMILES string of the molecule is CCOC(=O)c1nc(NC(=O)N[C@H]2CC[C@@H](Oc3ccc4nnc(N5CCCCC5C)n4c3)c3ccccc32)cc(C(C)(C)C)n1. The molecule has 2 N–H and O–H groups in total. The van der Waals surface area contributed by atoms with Crippen molar-refractivity contribution in [2.75, 3.05) is 23.4 Å². The number of amides is 2. The molecular weight excluding hydrogens is 584 g/mol. The van der Waals surface area contributed by atoms with Crippen LogP contribution in [-0.2, 0) is 10.2 Å². The lowest BCUT2D eigenvalue weighted by Gasteiger charge is -2.33. The quantitative estimate of drug-likeness (QED) is 0.232. The van der Waals surface area contributed by atoms with Gasteiger partial charge in [-0.1, -0.05) is 45.0 Å². The Bertz CT molecular complexity index is 1730. The van der Waals surface area contributed by atoms with Gasteiger partial charge in [-0.3, -0.25) is 9.72 Å². The summed E-state index contributed by atoms with van der Waals surface area (Å²) in [5.41, 5.74) is 3.04. The Morgan fingerprint density at radius 1 is 1.00 bits per heavy atom. The average molecular weight is 627 g/mol. The Kier molecular flexibility index (Phi) is 8.79. The predicted octanol–water partition coefficient (Wildman–Crippen LogP) is 6.15. The largest absolute Gasteiger partial charge is 0.484 e. The zero-order valence-corrected chi connectivity index (χ0v) is 27.1. The first kappa shape index (κ1) is 31.3. The van der Waals surface area contributed by atoms with Gasteiger partial charge in [0.1, 0.15) is 17.7 Å². The van der Waals surface area contributed by atoms with Crippen LogP contribution in [0.3, 0.4) is 0 Å². The average Bonchev–Trinajstić information content (AvgIpc) is 3.45. The fourth-order valence-electron chi connectivity index (χ4n) is 6.20. The standard InChI is InChI=1S/C34H42N8O4/c1-6-45-31(43)30-36-27(34(3,4)5)19-28(37-30)38-32(44)35-25-15-16-26(24-13-8-7-12-23(24)25)46-22-14-17-29-39-40-33(42(29)20-22)41-18-10-9-11-21(41)2/h7-8,12-14,17,19-21,25-26H,6,9-11,15-16,18H2,1-5H3,(H2,35,36,37,38,44)/t21?,25-,26+/m0/s1. The molecular formula is C34H42N8O4. The van der Waals surface area contributed by atoms with Gasteiger partial charge in [-0.2, -0.15) is 0 Å². The van der Waals surface area contributed by atoms with Gasteiger partial charge >= 0.3 is 12.0 Å². The molecule has 0 bridgehead atoms. The fourth-order valence-corrected chi connectivity index (χ4v) is 6.20. The molecule has 1 aliphatic carbocycles. The van der Waals surface area contributed by atoms with Crippen molar-refractivity contribution in [1.29, 1.82) is 0 Å². The lowest BCUT2D eigenvalue weighted by Crippen LogP contribution is -2.38. The molecule has 0 saturated carbocycles. The highest BCUT2D eigenvalue weighted by Gasteiger charge is 2.30. The highest BCUT2D eigenvalue weighted by atomic mass is 16.5. The first-order chi connectivity index (χ1) is 22.1. The summed E-state index contributed by atoms with van der Waals surface area (Å²) in [4.78, 5) is 36.7. The molecule has 2 aliphatic rings. The van der Waals surface area contributed by atoms with Gasteiger partial charge < -0.3 is 19.7 Å². The molecule has 1 aliphatic heterocycles. The summed E-state index contributed by atoms with van der Waals surface area (Å²) in [6.45, 7) is 11.1. The third kappa shape index (κ3) is 6.61. The number of fused-ring (bicyclic) bond motifs is 2. The van der Waals surface area contributed by atoms with Crippen LogP contribution >= 0.6 is 0 Å². The molecule has 3 atom stereocenters. The fraction of sp³-hybridized carbons (Fsp3) is 0.471. The smallest absolute Gasteiger partial charge is 0.376 e. The Morgan fingerprint density at radius 2 is 1.80 bits per heavy atom. The van der Waals surface area contributed by atoms with Crippen molar-refractivity contribution < 1.29 is 19.1 Å². The third-order valence-corrected chi connectivity index (χ3v) is 8.63. The number of nitrogens with one attached hydrogen (secondary N) is 2. The number of ether oxygens (including phenoxy) is 2. The maximum absolute atomic E-state index is 13.3. The molecule has 1 saturated heterocycles. The summed E-state index contributed by atoms with van der Waals surface area (Å²) in [5, 5.41) is 14.8. The second kappa shape index (κ2) is 12.9.